The Balaban J connectivity index is 2.45. The van der Waals surface area contributed by atoms with Gasteiger partial charge in [0.25, 0.3) is 0 Å². The smallest absolute Gasteiger partial charge is 0.163 e. The molecule has 0 aliphatic heterocycles. The number of Topliss-reactive ketones (excluding diaryl/α,β-unsaturated/α-hetero) is 1. The van der Waals surface area contributed by atoms with E-state index in [0.29, 0.717) is 6.42 Å². The summed E-state index contributed by atoms with van der Waals surface area (Å²) in [5.41, 5.74) is 0.752. The molecule has 19 heavy (non-hydrogen) atoms. The molecular weight excluding hydrogens is 236 g/mol. The van der Waals surface area contributed by atoms with Crippen molar-refractivity contribution in [1.82, 2.24) is 0 Å². The normalized spacial score (nSPS) is 10.5. The van der Waals surface area contributed by atoms with Crippen molar-refractivity contribution in [1.29, 1.82) is 0 Å². The highest BCUT2D eigenvalue weighted by molar-refractivity contribution is 5.96. The molecule has 2 heteroatoms. The monoisotopic (exact) mass is 260 g/mol. The lowest BCUT2D eigenvalue weighted by molar-refractivity contribution is 0.0978. The molecule has 2 nitrogen and oxygen atoms in total. The van der Waals surface area contributed by atoms with E-state index in [0.717, 1.165) is 37.0 Å². The summed E-state index contributed by atoms with van der Waals surface area (Å²) < 4.78 is 5.60. The molecule has 104 valence electrons. The van der Waals surface area contributed by atoms with Gasteiger partial charge in [-0.3, -0.25) is 4.79 Å². The summed E-state index contributed by atoms with van der Waals surface area (Å²) in [6.45, 7) is 7.65. The second-order valence-electron chi connectivity index (χ2n) is 5.01. The first kappa shape index (κ1) is 15.5. The number of unbranched alkanes of at least 4 members (excludes halogenated alkanes) is 3. The molecule has 0 heterocycles. The van der Waals surface area contributed by atoms with E-state index >= 15 is 0 Å². The van der Waals surface area contributed by atoms with Crippen LogP contribution in [-0.4, -0.2) is 11.9 Å². The number of carbonyl (C=O) groups is 1. The molecule has 0 aliphatic carbocycles. The average Bonchev–Trinajstić information content (AvgIpc) is 2.38. The Hall–Kier alpha value is -1.57. The molecule has 0 bridgehead atoms. The SMILES string of the molecule is C=CCCCCCC(=O)c1cccc(OC(C)C)c1. The number of rotatable bonds is 9. The molecule has 0 N–H and O–H groups in total. The number of hydrogen-bond donors (Lipinski definition) is 0. The van der Waals surface area contributed by atoms with Crippen LogP contribution in [0.15, 0.2) is 36.9 Å². The van der Waals surface area contributed by atoms with Crippen LogP contribution >= 0.6 is 0 Å². The zero-order chi connectivity index (χ0) is 14.1. The third-order valence-corrected chi connectivity index (χ3v) is 2.84. The minimum Gasteiger partial charge on any atom is -0.491 e. The van der Waals surface area contributed by atoms with E-state index in [9.17, 15) is 4.79 Å². The van der Waals surface area contributed by atoms with Crippen LogP contribution in [0, 0.1) is 0 Å². The largest absolute Gasteiger partial charge is 0.491 e. The lowest BCUT2D eigenvalue weighted by atomic mass is 10.0. The summed E-state index contributed by atoms with van der Waals surface area (Å²) >= 11 is 0. The predicted molar refractivity (Wildman–Crippen MR) is 79.8 cm³/mol. The second-order valence-corrected chi connectivity index (χ2v) is 5.01. The molecule has 0 saturated heterocycles. The molecular formula is C17H24O2. The molecule has 0 atom stereocenters. The summed E-state index contributed by atoms with van der Waals surface area (Å²) in [7, 11) is 0. The number of benzene rings is 1. The number of ketones is 1. The van der Waals surface area contributed by atoms with E-state index in [1.165, 1.54) is 0 Å². The summed E-state index contributed by atoms with van der Waals surface area (Å²) in [5.74, 6) is 0.973. The van der Waals surface area contributed by atoms with E-state index < -0.39 is 0 Å². The Kier molecular flexibility index (Phi) is 6.94. The van der Waals surface area contributed by atoms with Crippen LogP contribution in [0.5, 0.6) is 5.75 Å². The van der Waals surface area contributed by atoms with Gasteiger partial charge in [0.15, 0.2) is 5.78 Å². The molecule has 0 unspecified atom stereocenters. The van der Waals surface area contributed by atoms with Gasteiger partial charge in [-0.2, -0.15) is 0 Å². The van der Waals surface area contributed by atoms with Crippen LogP contribution < -0.4 is 4.74 Å². The van der Waals surface area contributed by atoms with Crippen molar-refractivity contribution in [2.75, 3.05) is 0 Å². The predicted octanol–water partition coefficient (Wildman–Crippen LogP) is 4.79. The second kappa shape index (κ2) is 8.52. The maximum absolute atomic E-state index is 12.0. The molecule has 0 amide bonds. The van der Waals surface area contributed by atoms with Crippen LogP contribution in [0.25, 0.3) is 0 Å². The highest BCUT2D eigenvalue weighted by atomic mass is 16.5. The summed E-state index contributed by atoms with van der Waals surface area (Å²) in [4.78, 5) is 12.0. The molecule has 0 fully saturated rings. The van der Waals surface area contributed by atoms with E-state index in [1.807, 2.05) is 44.2 Å². The molecule has 1 aromatic carbocycles. The lowest BCUT2D eigenvalue weighted by Gasteiger charge is -2.10. The van der Waals surface area contributed by atoms with Gasteiger partial charge in [-0.25, -0.2) is 0 Å². The zero-order valence-electron chi connectivity index (χ0n) is 12.0. The zero-order valence-corrected chi connectivity index (χ0v) is 12.0. The van der Waals surface area contributed by atoms with Gasteiger partial charge < -0.3 is 4.74 Å². The van der Waals surface area contributed by atoms with E-state index in [2.05, 4.69) is 6.58 Å². The Morgan fingerprint density at radius 1 is 1.32 bits per heavy atom. The Labute approximate surface area is 116 Å². The molecule has 0 spiro atoms. The Morgan fingerprint density at radius 2 is 2.11 bits per heavy atom. The van der Waals surface area contributed by atoms with Crippen molar-refractivity contribution in [2.45, 2.75) is 52.1 Å². The number of ether oxygens (including phenoxy) is 1. The maximum atomic E-state index is 12.0. The fourth-order valence-corrected chi connectivity index (χ4v) is 1.91. The van der Waals surface area contributed by atoms with Crippen LogP contribution in [0.3, 0.4) is 0 Å². The van der Waals surface area contributed by atoms with Crippen molar-refractivity contribution in [3.63, 3.8) is 0 Å². The number of allylic oxidation sites excluding steroid dienone is 1. The minimum absolute atomic E-state index is 0.129. The first-order valence-corrected chi connectivity index (χ1v) is 7.04. The van der Waals surface area contributed by atoms with Crippen molar-refractivity contribution >= 4 is 5.78 Å². The standard InChI is InChI=1S/C17H24O2/c1-4-5-6-7-8-12-17(18)15-10-9-11-16(13-15)19-14(2)3/h4,9-11,13-14H,1,5-8,12H2,2-3H3. The van der Waals surface area contributed by atoms with Gasteiger partial charge in [0, 0.05) is 12.0 Å². The van der Waals surface area contributed by atoms with Gasteiger partial charge in [0.05, 0.1) is 6.10 Å². The summed E-state index contributed by atoms with van der Waals surface area (Å²) in [6.07, 6.45) is 6.85. The first-order chi connectivity index (χ1) is 9.13. The molecule has 1 aromatic rings. The Morgan fingerprint density at radius 3 is 2.79 bits per heavy atom. The minimum atomic E-state index is 0.129. The van der Waals surface area contributed by atoms with Gasteiger partial charge >= 0.3 is 0 Å². The van der Waals surface area contributed by atoms with Crippen LogP contribution in [0.2, 0.25) is 0 Å². The topological polar surface area (TPSA) is 26.3 Å². The maximum Gasteiger partial charge on any atom is 0.163 e. The van der Waals surface area contributed by atoms with Crippen LogP contribution in [0.1, 0.15) is 56.3 Å². The molecule has 1 rings (SSSR count). The highest BCUT2D eigenvalue weighted by Gasteiger charge is 2.07. The summed E-state index contributed by atoms with van der Waals surface area (Å²) in [5, 5.41) is 0. The molecule has 0 aliphatic rings. The van der Waals surface area contributed by atoms with Crippen LogP contribution in [0.4, 0.5) is 0 Å². The van der Waals surface area contributed by atoms with Crippen molar-refractivity contribution in [2.24, 2.45) is 0 Å². The quantitative estimate of drug-likeness (QED) is 0.362. The molecule has 0 saturated carbocycles. The van der Waals surface area contributed by atoms with E-state index in [4.69, 9.17) is 4.74 Å². The fraction of sp³-hybridized carbons (Fsp3) is 0.471. The van der Waals surface area contributed by atoms with Crippen molar-refractivity contribution in [3.8, 4) is 5.75 Å². The Bertz CT molecular complexity index is 407. The third-order valence-electron chi connectivity index (χ3n) is 2.84. The fourth-order valence-electron chi connectivity index (χ4n) is 1.91. The van der Waals surface area contributed by atoms with Crippen molar-refractivity contribution < 1.29 is 9.53 Å². The molecule has 0 aromatic heterocycles. The van der Waals surface area contributed by atoms with Crippen LogP contribution in [-0.2, 0) is 0 Å². The van der Waals surface area contributed by atoms with Gasteiger partial charge in [-0.15, -0.1) is 6.58 Å². The average molecular weight is 260 g/mol. The highest BCUT2D eigenvalue weighted by Crippen LogP contribution is 2.17. The van der Waals surface area contributed by atoms with Gasteiger partial charge in [-0.05, 0) is 45.2 Å². The summed E-state index contributed by atoms with van der Waals surface area (Å²) in [6, 6.07) is 7.47. The van der Waals surface area contributed by atoms with Gasteiger partial charge in [0.1, 0.15) is 5.75 Å². The van der Waals surface area contributed by atoms with Gasteiger partial charge in [-0.1, -0.05) is 24.6 Å². The van der Waals surface area contributed by atoms with E-state index in [1.54, 1.807) is 0 Å². The van der Waals surface area contributed by atoms with Crippen molar-refractivity contribution in [3.05, 3.63) is 42.5 Å². The first-order valence-electron chi connectivity index (χ1n) is 7.04. The molecule has 0 radical (unpaired) electrons. The number of carbonyl (C=O) groups excluding carboxylic acids is 1. The number of hydrogen-bond acceptors (Lipinski definition) is 2. The third kappa shape index (κ3) is 6.23. The lowest BCUT2D eigenvalue weighted by Crippen LogP contribution is -2.06. The van der Waals surface area contributed by atoms with E-state index in [-0.39, 0.29) is 11.9 Å². The van der Waals surface area contributed by atoms with Gasteiger partial charge in [0.2, 0.25) is 0 Å².